The second kappa shape index (κ2) is 10.2. The van der Waals surface area contributed by atoms with E-state index in [0.29, 0.717) is 0 Å². The Morgan fingerprint density at radius 1 is 0.771 bits per heavy atom. The molecule has 35 heavy (non-hydrogen) atoms. The summed E-state index contributed by atoms with van der Waals surface area (Å²) in [5, 5.41) is 3.61. The molecule has 6 heteroatoms. The van der Waals surface area contributed by atoms with E-state index in [0.717, 1.165) is 74.6 Å². The number of rotatable bonds is 7. The Balaban J connectivity index is 1.67. The number of fused-ring (bicyclic) bond motifs is 3. The van der Waals surface area contributed by atoms with E-state index in [1.165, 1.54) is 40.7 Å². The average Bonchev–Trinajstić information content (AvgIpc) is 3.45. The maximum absolute atomic E-state index is 5.27. The molecule has 0 bridgehead atoms. The van der Waals surface area contributed by atoms with E-state index in [9.17, 15) is 0 Å². The highest BCUT2D eigenvalue weighted by atomic mass is 15.2. The Bertz CT molecular complexity index is 1270. The minimum atomic E-state index is 0.990. The van der Waals surface area contributed by atoms with Crippen LogP contribution in [0.15, 0.2) is 46.4 Å². The first kappa shape index (κ1) is 23.6. The lowest BCUT2D eigenvalue weighted by molar-refractivity contribution is 0.550. The number of hydrogen-bond acceptors (Lipinski definition) is 4. The third-order valence-electron chi connectivity index (χ3n) is 7.21. The molecule has 2 aliphatic heterocycles. The van der Waals surface area contributed by atoms with Crippen molar-refractivity contribution in [2.45, 2.75) is 52.4 Å². The minimum Gasteiger partial charge on any atom is -0.363 e. The molecule has 2 aromatic carbocycles. The van der Waals surface area contributed by atoms with Crippen LogP contribution in [0.2, 0.25) is 0 Å². The zero-order valence-electron chi connectivity index (χ0n) is 21.7. The van der Waals surface area contributed by atoms with Gasteiger partial charge in [0.25, 0.3) is 0 Å². The second-order valence-corrected chi connectivity index (χ2v) is 9.96. The van der Waals surface area contributed by atoms with E-state index in [1.807, 2.05) is 0 Å². The third kappa shape index (κ3) is 4.84. The molecular weight excluding hydrogens is 432 g/mol. The molecule has 2 aliphatic rings. The van der Waals surface area contributed by atoms with E-state index in [2.05, 4.69) is 79.0 Å². The molecule has 5 rings (SSSR count). The summed E-state index contributed by atoms with van der Waals surface area (Å²) in [4.78, 5) is 22.2. The molecule has 0 radical (unpaired) electrons. The Labute approximate surface area is 209 Å². The lowest BCUT2D eigenvalue weighted by Crippen LogP contribution is -2.26. The Morgan fingerprint density at radius 2 is 1.34 bits per heavy atom. The predicted octanol–water partition coefficient (Wildman–Crippen LogP) is 6.53. The zero-order chi connectivity index (χ0) is 24.4. The molecule has 3 aromatic rings. The smallest absolute Gasteiger partial charge is 0.137 e. The lowest BCUT2D eigenvalue weighted by Gasteiger charge is -2.25. The summed E-state index contributed by atoms with van der Waals surface area (Å²) in [7, 11) is 4.27. The molecule has 0 N–H and O–H groups in total. The topological polar surface area (TPSA) is 47.3 Å². The van der Waals surface area contributed by atoms with Crippen LogP contribution in [0, 0.1) is 0 Å². The van der Waals surface area contributed by atoms with Crippen LogP contribution in [0.4, 0.5) is 17.2 Å². The summed E-state index contributed by atoms with van der Waals surface area (Å²) in [6.45, 7) is 8.65. The summed E-state index contributed by atoms with van der Waals surface area (Å²) in [6, 6.07) is 13.1. The number of nitrogens with zero attached hydrogens (tertiary/aromatic N) is 6. The molecule has 184 valence electrons. The van der Waals surface area contributed by atoms with E-state index in [4.69, 9.17) is 15.0 Å². The number of hydrogen-bond donors (Lipinski definition) is 0. The van der Waals surface area contributed by atoms with Gasteiger partial charge in [-0.1, -0.05) is 26.0 Å². The van der Waals surface area contributed by atoms with Crippen LogP contribution < -0.4 is 4.90 Å². The van der Waals surface area contributed by atoms with Crippen molar-refractivity contribution < 1.29 is 0 Å². The van der Waals surface area contributed by atoms with Gasteiger partial charge < -0.3 is 14.7 Å². The van der Waals surface area contributed by atoms with Crippen molar-refractivity contribution in [2.24, 2.45) is 9.98 Å². The van der Waals surface area contributed by atoms with Crippen LogP contribution >= 0.6 is 0 Å². The van der Waals surface area contributed by atoms with Crippen LogP contribution in [-0.2, 0) is 0 Å². The molecule has 0 spiro atoms. The second-order valence-electron chi connectivity index (χ2n) is 9.96. The number of likely N-dealkylation sites (tertiary alicyclic amines) is 2. The van der Waals surface area contributed by atoms with Gasteiger partial charge in [0.15, 0.2) is 0 Å². The highest BCUT2D eigenvalue weighted by molar-refractivity contribution is 6.11. The molecule has 6 nitrogen and oxygen atoms in total. The molecule has 0 amide bonds. The molecule has 0 saturated carbocycles. The van der Waals surface area contributed by atoms with Crippen molar-refractivity contribution in [3.63, 3.8) is 0 Å². The molecule has 1 aromatic heterocycles. The van der Waals surface area contributed by atoms with Crippen molar-refractivity contribution in [3.05, 3.63) is 36.4 Å². The first-order valence-electron chi connectivity index (χ1n) is 13.3. The fraction of sp³-hybridized carbons (Fsp3) is 0.483. The summed E-state index contributed by atoms with van der Waals surface area (Å²) in [5.74, 6) is 3.42. The summed E-state index contributed by atoms with van der Waals surface area (Å²) in [6.07, 6.45) is 6.65. The summed E-state index contributed by atoms with van der Waals surface area (Å²) < 4.78 is 0. The fourth-order valence-corrected chi connectivity index (χ4v) is 5.38. The largest absolute Gasteiger partial charge is 0.363 e. The van der Waals surface area contributed by atoms with Crippen LogP contribution in [0.25, 0.3) is 21.7 Å². The summed E-state index contributed by atoms with van der Waals surface area (Å²) in [5.41, 5.74) is 3.02. The van der Waals surface area contributed by atoms with Gasteiger partial charge in [-0.05, 0) is 55.3 Å². The van der Waals surface area contributed by atoms with Gasteiger partial charge in [-0.2, -0.15) is 0 Å². The number of anilines is 1. The number of benzene rings is 2. The first-order valence-corrected chi connectivity index (χ1v) is 13.3. The van der Waals surface area contributed by atoms with Crippen LogP contribution in [0.5, 0.6) is 0 Å². The average molecular weight is 471 g/mol. The maximum Gasteiger partial charge on any atom is 0.137 e. The van der Waals surface area contributed by atoms with Gasteiger partial charge in [0.1, 0.15) is 17.5 Å². The number of aromatic nitrogens is 1. The van der Waals surface area contributed by atoms with E-state index >= 15 is 0 Å². The van der Waals surface area contributed by atoms with Crippen molar-refractivity contribution in [3.8, 4) is 0 Å². The van der Waals surface area contributed by atoms with Crippen molar-refractivity contribution >= 4 is 50.5 Å². The Kier molecular flexibility index (Phi) is 6.89. The monoisotopic (exact) mass is 470 g/mol. The zero-order valence-corrected chi connectivity index (χ0v) is 21.7. The Morgan fingerprint density at radius 3 is 1.89 bits per heavy atom. The van der Waals surface area contributed by atoms with Gasteiger partial charge in [-0.15, -0.1) is 0 Å². The number of pyridine rings is 1. The molecule has 2 saturated heterocycles. The molecule has 3 heterocycles. The first-order chi connectivity index (χ1) is 17.1. The van der Waals surface area contributed by atoms with Crippen molar-refractivity contribution in [1.29, 1.82) is 0 Å². The van der Waals surface area contributed by atoms with Gasteiger partial charge in [0, 0.05) is 63.9 Å². The molecule has 0 unspecified atom stereocenters. The number of aliphatic imine (C=N–C) groups is 2. The maximum atomic E-state index is 5.27. The molecule has 0 aliphatic carbocycles. The highest BCUT2D eigenvalue weighted by Crippen LogP contribution is 2.36. The fourth-order valence-electron chi connectivity index (χ4n) is 5.38. The molecular formula is C29H38N6. The van der Waals surface area contributed by atoms with Crippen LogP contribution in [-0.4, -0.2) is 66.7 Å². The minimum absolute atomic E-state index is 0.990. The van der Waals surface area contributed by atoms with E-state index in [1.54, 1.807) is 0 Å². The molecule has 2 fully saturated rings. The summed E-state index contributed by atoms with van der Waals surface area (Å²) >= 11 is 0. The van der Waals surface area contributed by atoms with Crippen molar-refractivity contribution in [2.75, 3.05) is 45.2 Å². The van der Waals surface area contributed by atoms with E-state index < -0.39 is 0 Å². The van der Waals surface area contributed by atoms with Gasteiger partial charge in [-0.25, -0.2) is 15.0 Å². The predicted molar refractivity (Wildman–Crippen MR) is 150 cm³/mol. The third-order valence-corrected chi connectivity index (χ3v) is 7.21. The van der Waals surface area contributed by atoms with Gasteiger partial charge in [-0.3, -0.25) is 0 Å². The van der Waals surface area contributed by atoms with Crippen LogP contribution in [0.1, 0.15) is 52.4 Å². The SMILES string of the molecule is CCCN(CCC)c1nc2cc(/N=C3\CCCN3C)ccc2c2ccc(/N=C3\CCCN3C)cc12. The highest BCUT2D eigenvalue weighted by Gasteiger charge is 2.18. The van der Waals surface area contributed by atoms with Gasteiger partial charge in [0.2, 0.25) is 0 Å². The van der Waals surface area contributed by atoms with E-state index in [-0.39, 0.29) is 0 Å². The lowest BCUT2D eigenvalue weighted by atomic mass is 10.0. The normalized spacial score (nSPS) is 18.6. The Hall–Kier alpha value is -3.15. The quantitative estimate of drug-likeness (QED) is 0.369. The van der Waals surface area contributed by atoms with Crippen LogP contribution in [0.3, 0.4) is 0 Å². The standard InChI is InChI=1S/C29H38N6/c1-5-15-35(16-6-2)29-25-19-21(30-27-9-7-17-33(27)3)11-13-23(25)24-14-12-22(20-26(24)32-29)31-28-10-8-18-34(28)4/h11-14,19-20H,5-10,15-18H2,1-4H3/b30-27+,31-28+. The number of amidine groups is 2. The van der Waals surface area contributed by atoms with Gasteiger partial charge in [0.05, 0.1) is 16.9 Å². The van der Waals surface area contributed by atoms with Crippen molar-refractivity contribution in [1.82, 2.24) is 14.8 Å². The molecule has 0 atom stereocenters. The van der Waals surface area contributed by atoms with Gasteiger partial charge >= 0.3 is 0 Å².